The molecular weight excluding hydrogens is 296 g/mol. The number of aryl methyl sites for hydroxylation is 1. The van der Waals surface area contributed by atoms with Crippen molar-refractivity contribution in [3.05, 3.63) is 28.2 Å². The third-order valence-electron chi connectivity index (χ3n) is 1.84. The van der Waals surface area contributed by atoms with Crippen molar-refractivity contribution in [1.29, 1.82) is 0 Å². The molecule has 1 aromatic rings. The monoisotopic (exact) mass is 306 g/mol. The molecule has 0 aliphatic heterocycles. The van der Waals surface area contributed by atoms with Gasteiger partial charge in [-0.25, -0.2) is 0 Å². The smallest absolute Gasteiger partial charge is 0.133 e. The van der Waals surface area contributed by atoms with Gasteiger partial charge in [0.25, 0.3) is 0 Å². The molecule has 1 rings (SSSR count). The van der Waals surface area contributed by atoms with Crippen LogP contribution in [0.2, 0.25) is 0 Å². The quantitative estimate of drug-likeness (QED) is 0.769. The van der Waals surface area contributed by atoms with Crippen molar-refractivity contribution >= 4 is 31.9 Å². The van der Waals surface area contributed by atoms with Gasteiger partial charge in [-0.2, -0.15) is 0 Å². The molecule has 0 unspecified atom stereocenters. The van der Waals surface area contributed by atoms with Crippen LogP contribution in [0.1, 0.15) is 12.0 Å². The van der Waals surface area contributed by atoms with Gasteiger partial charge in [0.05, 0.1) is 11.6 Å². The molecule has 0 aliphatic carbocycles. The van der Waals surface area contributed by atoms with Gasteiger partial charge in [0.15, 0.2) is 0 Å². The zero-order valence-corrected chi connectivity index (χ0v) is 10.7. The van der Waals surface area contributed by atoms with E-state index < -0.39 is 0 Å². The van der Waals surface area contributed by atoms with Crippen LogP contribution in [0.15, 0.2) is 22.7 Å². The van der Waals surface area contributed by atoms with Crippen LogP contribution in [0, 0.1) is 0 Å². The number of rotatable bonds is 4. The first-order chi connectivity index (χ1) is 6.29. The fourth-order valence-electron chi connectivity index (χ4n) is 1.16. The molecule has 13 heavy (non-hydrogen) atoms. The van der Waals surface area contributed by atoms with E-state index in [1.54, 1.807) is 7.11 Å². The van der Waals surface area contributed by atoms with Crippen LogP contribution < -0.4 is 4.74 Å². The van der Waals surface area contributed by atoms with Gasteiger partial charge in [-0.1, -0.05) is 28.1 Å². The normalized spacial score (nSPS) is 10.1. The van der Waals surface area contributed by atoms with Gasteiger partial charge < -0.3 is 4.74 Å². The average molecular weight is 308 g/mol. The van der Waals surface area contributed by atoms with E-state index in [1.807, 2.05) is 12.1 Å². The Morgan fingerprint density at radius 3 is 2.77 bits per heavy atom. The Bertz CT molecular complexity index is 274. The van der Waals surface area contributed by atoms with Crippen LogP contribution in [0.5, 0.6) is 5.75 Å². The summed E-state index contributed by atoms with van der Waals surface area (Å²) in [6.07, 6.45) is 2.22. The number of halogens is 2. The number of methoxy groups -OCH3 is 1. The summed E-state index contributed by atoms with van der Waals surface area (Å²) in [6.45, 7) is 0. The summed E-state index contributed by atoms with van der Waals surface area (Å²) in [5.74, 6) is 0.909. The van der Waals surface area contributed by atoms with Crippen molar-refractivity contribution in [2.24, 2.45) is 0 Å². The molecule has 0 atom stereocenters. The molecule has 0 bridgehead atoms. The molecule has 0 aromatic heterocycles. The topological polar surface area (TPSA) is 9.23 Å². The van der Waals surface area contributed by atoms with Crippen LogP contribution in [0.4, 0.5) is 0 Å². The third kappa shape index (κ3) is 2.99. The Labute approximate surface area is 95.7 Å². The Hall–Kier alpha value is -0.0200. The number of hydrogen-bond acceptors (Lipinski definition) is 1. The minimum absolute atomic E-state index is 0.909. The lowest BCUT2D eigenvalue weighted by molar-refractivity contribution is 0.411. The highest BCUT2D eigenvalue weighted by Crippen LogP contribution is 2.29. The second-order valence-electron chi connectivity index (χ2n) is 2.73. The Morgan fingerprint density at radius 2 is 2.15 bits per heavy atom. The summed E-state index contributed by atoms with van der Waals surface area (Å²) >= 11 is 6.95. The maximum absolute atomic E-state index is 5.21. The highest BCUT2D eigenvalue weighted by Gasteiger charge is 2.04. The lowest BCUT2D eigenvalue weighted by atomic mass is 10.1. The van der Waals surface area contributed by atoms with Gasteiger partial charge in [0.2, 0.25) is 0 Å². The zero-order valence-electron chi connectivity index (χ0n) is 7.52. The first kappa shape index (κ1) is 11.1. The second kappa shape index (κ2) is 5.66. The Morgan fingerprint density at radius 1 is 1.38 bits per heavy atom. The van der Waals surface area contributed by atoms with Gasteiger partial charge in [-0.3, -0.25) is 0 Å². The molecule has 0 radical (unpaired) electrons. The SMILES string of the molecule is COc1cccc(CCCBr)c1Br. The second-order valence-corrected chi connectivity index (χ2v) is 4.31. The standard InChI is InChI=1S/C10H12Br2O/c1-13-9-6-2-4-8(10(9)12)5-3-7-11/h2,4,6H,3,5,7H2,1H3. The van der Waals surface area contributed by atoms with Crippen molar-refractivity contribution in [2.75, 3.05) is 12.4 Å². The fraction of sp³-hybridized carbons (Fsp3) is 0.400. The van der Waals surface area contributed by atoms with Crippen molar-refractivity contribution in [3.8, 4) is 5.75 Å². The van der Waals surface area contributed by atoms with E-state index in [4.69, 9.17) is 4.74 Å². The van der Waals surface area contributed by atoms with Crippen LogP contribution in [0.3, 0.4) is 0 Å². The number of benzene rings is 1. The molecule has 1 nitrogen and oxygen atoms in total. The molecule has 3 heteroatoms. The molecule has 72 valence electrons. The van der Waals surface area contributed by atoms with Crippen molar-refractivity contribution < 1.29 is 4.74 Å². The highest BCUT2D eigenvalue weighted by molar-refractivity contribution is 9.10. The predicted molar refractivity (Wildman–Crippen MR) is 62.8 cm³/mol. The maximum Gasteiger partial charge on any atom is 0.133 e. The zero-order chi connectivity index (χ0) is 9.68. The van der Waals surface area contributed by atoms with Gasteiger partial charge >= 0.3 is 0 Å². The number of ether oxygens (including phenoxy) is 1. The number of alkyl halides is 1. The van der Waals surface area contributed by atoms with E-state index >= 15 is 0 Å². The van der Waals surface area contributed by atoms with E-state index in [2.05, 4.69) is 37.9 Å². The van der Waals surface area contributed by atoms with E-state index in [-0.39, 0.29) is 0 Å². The first-order valence-corrected chi connectivity index (χ1v) is 6.08. The first-order valence-electron chi connectivity index (χ1n) is 4.17. The molecule has 0 aliphatic rings. The van der Waals surface area contributed by atoms with E-state index in [0.717, 1.165) is 28.4 Å². The third-order valence-corrected chi connectivity index (χ3v) is 3.30. The van der Waals surface area contributed by atoms with Crippen molar-refractivity contribution in [1.82, 2.24) is 0 Å². The van der Waals surface area contributed by atoms with Crippen LogP contribution >= 0.6 is 31.9 Å². The predicted octanol–water partition coefficient (Wildman–Crippen LogP) is 3.79. The maximum atomic E-state index is 5.21. The van der Waals surface area contributed by atoms with E-state index in [9.17, 15) is 0 Å². The highest BCUT2D eigenvalue weighted by atomic mass is 79.9. The Kier molecular flexibility index (Phi) is 4.81. The summed E-state index contributed by atoms with van der Waals surface area (Å²) < 4.78 is 6.29. The fourth-order valence-corrected chi connectivity index (χ4v) is 2.07. The minimum atomic E-state index is 0.909. The summed E-state index contributed by atoms with van der Waals surface area (Å²) in [5.41, 5.74) is 1.30. The largest absolute Gasteiger partial charge is 0.496 e. The van der Waals surface area contributed by atoms with Gasteiger partial charge in [0.1, 0.15) is 5.75 Å². The van der Waals surface area contributed by atoms with Crippen LogP contribution in [-0.4, -0.2) is 12.4 Å². The molecule has 1 aromatic carbocycles. The van der Waals surface area contributed by atoms with Gasteiger partial charge in [-0.05, 0) is 40.4 Å². The molecule has 0 spiro atoms. The molecule has 0 N–H and O–H groups in total. The summed E-state index contributed by atoms with van der Waals surface area (Å²) in [7, 11) is 1.69. The van der Waals surface area contributed by atoms with Crippen molar-refractivity contribution in [2.45, 2.75) is 12.8 Å². The summed E-state index contributed by atoms with van der Waals surface area (Å²) in [6, 6.07) is 6.10. The summed E-state index contributed by atoms with van der Waals surface area (Å²) in [5, 5.41) is 1.04. The van der Waals surface area contributed by atoms with Crippen molar-refractivity contribution in [3.63, 3.8) is 0 Å². The Balaban J connectivity index is 2.81. The van der Waals surface area contributed by atoms with E-state index in [1.165, 1.54) is 5.56 Å². The lowest BCUT2D eigenvalue weighted by Crippen LogP contribution is -1.91. The molecule has 0 amide bonds. The van der Waals surface area contributed by atoms with Gasteiger partial charge in [0, 0.05) is 5.33 Å². The number of hydrogen-bond donors (Lipinski definition) is 0. The molecule has 0 fully saturated rings. The van der Waals surface area contributed by atoms with Crippen LogP contribution in [0.25, 0.3) is 0 Å². The lowest BCUT2D eigenvalue weighted by Gasteiger charge is -2.07. The van der Waals surface area contributed by atoms with Gasteiger partial charge in [-0.15, -0.1) is 0 Å². The molecular formula is C10H12Br2O. The molecule has 0 saturated heterocycles. The van der Waals surface area contributed by atoms with Crippen LogP contribution in [-0.2, 0) is 6.42 Å². The van der Waals surface area contributed by atoms with E-state index in [0.29, 0.717) is 0 Å². The summed E-state index contributed by atoms with van der Waals surface area (Å²) in [4.78, 5) is 0. The minimum Gasteiger partial charge on any atom is -0.496 e. The average Bonchev–Trinajstić information content (AvgIpc) is 2.16. The molecule has 0 heterocycles. The molecule has 0 saturated carbocycles.